The van der Waals surface area contributed by atoms with Crippen molar-refractivity contribution in [1.82, 2.24) is 0 Å². The zero-order valence-electron chi connectivity index (χ0n) is 8.21. The SMILES string of the molecule is O=C(O)C(c1ccccc1)(C(F)F)C(F)(F)F. The average molecular weight is 254 g/mol. The number of hydrogen-bond acceptors (Lipinski definition) is 1. The summed E-state index contributed by atoms with van der Waals surface area (Å²) >= 11 is 0. The van der Waals surface area contributed by atoms with E-state index in [1.54, 1.807) is 0 Å². The molecule has 2 nitrogen and oxygen atoms in total. The highest BCUT2D eigenvalue weighted by Crippen LogP contribution is 2.45. The minimum Gasteiger partial charge on any atom is -0.480 e. The first-order valence-corrected chi connectivity index (χ1v) is 4.38. The van der Waals surface area contributed by atoms with Crippen LogP contribution in [-0.2, 0) is 10.2 Å². The van der Waals surface area contributed by atoms with Gasteiger partial charge in [0, 0.05) is 0 Å². The zero-order valence-corrected chi connectivity index (χ0v) is 8.21. The molecule has 0 spiro atoms. The van der Waals surface area contributed by atoms with Crippen molar-refractivity contribution in [3.05, 3.63) is 35.9 Å². The number of benzene rings is 1. The van der Waals surface area contributed by atoms with E-state index in [1.165, 1.54) is 6.07 Å². The summed E-state index contributed by atoms with van der Waals surface area (Å²) in [6.45, 7) is 0. The maximum absolute atomic E-state index is 12.7. The number of carbonyl (C=O) groups is 1. The number of rotatable bonds is 3. The van der Waals surface area contributed by atoms with Gasteiger partial charge >= 0.3 is 12.1 Å². The van der Waals surface area contributed by atoms with Crippen molar-refractivity contribution >= 4 is 5.97 Å². The molecule has 1 unspecified atom stereocenters. The van der Waals surface area contributed by atoms with Crippen molar-refractivity contribution < 1.29 is 31.9 Å². The Bertz CT molecular complexity index is 401. The van der Waals surface area contributed by atoms with Crippen LogP contribution in [0.15, 0.2) is 30.3 Å². The van der Waals surface area contributed by atoms with Gasteiger partial charge in [0.2, 0.25) is 5.41 Å². The van der Waals surface area contributed by atoms with Crippen LogP contribution >= 0.6 is 0 Å². The molecule has 1 rings (SSSR count). The van der Waals surface area contributed by atoms with Crippen LogP contribution < -0.4 is 0 Å². The number of carboxylic acid groups (broad SMARTS) is 1. The fourth-order valence-corrected chi connectivity index (χ4v) is 1.45. The summed E-state index contributed by atoms with van der Waals surface area (Å²) in [7, 11) is 0. The number of carboxylic acids is 1. The average Bonchev–Trinajstić information content (AvgIpc) is 2.16. The van der Waals surface area contributed by atoms with E-state index >= 15 is 0 Å². The van der Waals surface area contributed by atoms with Gasteiger partial charge < -0.3 is 5.11 Å². The summed E-state index contributed by atoms with van der Waals surface area (Å²) in [6, 6.07) is 4.88. The molecular formula is C10H7F5O2. The van der Waals surface area contributed by atoms with Crippen molar-refractivity contribution in [2.24, 2.45) is 0 Å². The van der Waals surface area contributed by atoms with Crippen molar-refractivity contribution in [2.75, 3.05) is 0 Å². The molecule has 0 aliphatic carbocycles. The molecule has 0 aromatic heterocycles. The molecule has 1 N–H and O–H groups in total. The molecule has 17 heavy (non-hydrogen) atoms. The second-order valence-electron chi connectivity index (χ2n) is 3.28. The van der Waals surface area contributed by atoms with Gasteiger partial charge in [-0.2, -0.15) is 13.2 Å². The lowest BCUT2D eigenvalue weighted by molar-refractivity contribution is -0.231. The monoisotopic (exact) mass is 254 g/mol. The molecule has 0 heterocycles. The van der Waals surface area contributed by atoms with Gasteiger partial charge in [-0.1, -0.05) is 30.3 Å². The molecule has 0 saturated heterocycles. The van der Waals surface area contributed by atoms with Crippen molar-refractivity contribution in [2.45, 2.75) is 18.0 Å². The predicted molar refractivity (Wildman–Crippen MR) is 47.8 cm³/mol. The van der Waals surface area contributed by atoms with Crippen LogP contribution in [0, 0.1) is 0 Å². The maximum Gasteiger partial charge on any atom is 0.414 e. The van der Waals surface area contributed by atoms with E-state index in [-0.39, 0.29) is 0 Å². The Morgan fingerprint density at radius 2 is 1.59 bits per heavy atom. The van der Waals surface area contributed by atoms with Gasteiger partial charge in [-0.15, -0.1) is 0 Å². The summed E-state index contributed by atoms with van der Waals surface area (Å²) in [5, 5.41) is 8.58. The zero-order chi connectivity index (χ0) is 13.3. The van der Waals surface area contributed by atoms with E-state index in [4.69, 9.17) is 5.11 Å². The van der Waals surface area contributed by atoms with Crippen molar-refractivity contribution in [3.63, 3.8) is 0 Å². The lowest BCUT2D eigenvalue weighted by Gasteiger charge is -2.31. The maximum atomic E-state index is 12.7. The van der Waals surface area contributed by atoms with Crippen LogP contribution in [0.4, 0.5) is 22.0 Å². The topological polar surface area (TPSA) is 37.3 Å². The third-order valence-corrected chi connectivity index (χ3v) is 2.34. The minimum absolute atomic E-state index is 0.716. The smallest absolute Gasteiger partial charge is 0.414 e. The molecule has 0 saturated carbocycles. The van der Waals surface area contributed by atoms with E-state index in [1.807, 2.05) is 0 Å². The molecule has 0 aliphatic heterocycles. The first-order valence-electron chi connectivity index (χ1n) is 4.38. The molecule has 0 radical (unpaired) electrons. The lowest BCUT2D eigenvalue weighted by Crippen LogP contribution is -2.54. The second-order valence-corrected chi connectivity index (χ2v) is 3.28. The van der Waals surface area contributed by atoms with E-state index in [0.717, 1.165) is 12.1 Å². The van der Waals surface area contributed by atoms with Gasteiger partial charge in [-0.25, -0.2) is 8.78 Å². The van der Waals surface area contributed by atoms with Crippen LogP contribution in [-0.4, -0.2) is 23.7 Å². The highest BCUT2D eigenvalue weighted by Gasteiger charge is 2.68. The van der Waals surface area contributed by atoms with Gasteiger partial charge in [-0.05, 0) is 5.56 Å². The third-order valence-electron chi connectivity index (χ3n) is 2.34. The van der Waals surface area contributed by atoms with Gasteiger partial charge in [0.15, 0.2) is 0 Å². The van der Waals surface area contributed by atoms with Crippen molar-refractivity contribution in [1.29, 1.82) is 0 Å². The molecule has 0 aliphatic rings. The van der Waals surface area contributed by atoms with E-state index in [9.17, 15) is 26.7 Å². The Morgan fingerprint density at radius 3 is 1.88 bits per heavy atom. The standard InChI is InChI=1S/C10H7F5O2/c11-7(12)9(8(16)17,10(13,14)15)6-4-2-1-3-5-6/h1-5,7H,(H,16,17). The van der Waals surface area contributed by atoms with Gasteiger partial charge in [-0.3, -0.25) is 4.79 Å². The van der Waals surface area contributed by atoms with E-state index in [2.05, 4.69) is 0 Å². The molecule has 0 fully saturated rings. The molecule has 7 heteroatoms. The minimum atomic E-state index is -5.59. The van der Waals surface area contributed by atoms with Gasteiger partial charge in [0.1, 0.15) is 0 Å². The fraction of sp³-hybridized carbons (Fsp3) is 0.300. The second kappa shape index (κ2) is 4.31. The quantitative estimate of drug-likeness (QED) is 0.842. The van der Waals surface area contributed by atoms with Gasteiger partial charge in [0.25, 0.3) is 6.43 Å². The molecular weight excluding hydrogens is 247 g/mol. The summed E-state index contributed by atoms with van der Waals surface area (Å²) in [6.07, 6.45) is -9.68. The number of halogens is 5. The van der Waals surface area contributed by atoms with Crippen LogP contribution in [0.1, 0.15) is 5.56 Å². The summed E-state index contributed by atoms with van der Waals surface area (Å²) in [5.41, 5.74) is -5.18. The first-order chi connectivity index (χ1) is 7.74. The van der Waals surface area contributed by atoms with Crippen LogP contribution in [0.3, 0.4) is 0 Å². The molecule has 0 amide bonds. The predicted octanol–water partition coefficient (Wildman–Crippen LogP) is 2.84. The van der Waals surface area contributed by atoms with Crippen LogP contribution in [0.5, 0.6) is 0 Å². The molecule has 94 valence electrons. The van der Waals surface area contributed by atoms with E-state index < -0.39 is 29.5 Å². The number of alkyl halides is 5. The Balaban J connectivity index is 3.54. The van der Waals surface area contributed by atoms with Crippen LogP contribution in [0.2, 0.25) is 0 Å². The highest BCUT2D eigenvalue weighted by atomic mass is 19.4. The summed E-state index contributed by atoms with van der Waals surface area (Å²) < 4.78 is 63.5. The first kappa shape index (κ1) is 13.4. The molecule has 1 aromatic rings. The largest absolute Gasteiger partial charge is 0.480 e. The lowest BCUT2D eigenvalue weighted by atomic mass is 9.80. The summed E-state index contributed by atoms with van der Waals surface area (Å²) in [4.78, 5) is 10.7. The molecule has 1 aromatic carbocycles. The molecule has 1 atom stereocenters. The number of aliphatic carboxylic acids is 1. The third kappa shape index (κ3) is 1.96. The normalized spacial score (nSPS) is 15.6. The summed E-state index contributed by atoms with van der Waals surface area (Å²) in [5.74, 6) is -2.62. The number of hydrogen-bond donors (Lipinski definition) is 1. The van der Waals surface area contributed by atoms with Crippen molar-refractivity contribution in [3.8, 4) is 0 Å². The Hall–Kier alpha value is -1.66. The van der Waals surface area contributed by atoms with Gasteiger partial charge in [0.05, 0.1) is 0 Å². The van der Waals surface area contributed by atoms with E-state index in [0.29, 0.717) is 12.1 Å². The molecule has 0 bridgehead atoms. The highest BCUT2D eigenvalue weighted by molar-refractivity contribution is 5.83. The van der Waals surface area contributed by atoms with Crippen LogP contribution in [0.25, 0.3) is 0 Å². The Kier molecular flexibility index (Phi) is 3.40. The Morgan fingerprint density at radius 1 is 1.12 bits per heavy atom. The fourth-order valence-electron chi connectivity index (χ4n) is 1.45. The Labute approximate surface area is 92.7 Å².